The van der Waals surface area contributed by atoms with E-state index in [1.807, 2.05) is 0 Å². The van der Waals surface area contributed by atoms with Crippen molar-refractivity contribution in [2.75, 3.05) is 6.79 Å². The van der Waals surface area contributed by atoms with Crippen LogP contribution in [-0.4, -0.2) is 50.8 Å². The number of hydrogen-bond acceptors (Lipinski definition) is 7. The highest BCUT2D eigenvalue weighted by Crippen LogP contribution is 2.48. The number of carboxylic acid groups (broad SMARTS) is 1. The molecule has 0 unspecified atom stereocenters. The molecule has 8 nitrogen and oxygen atoms in total. The fourth-order valence-corrected chi connectivity index (χ4v) is 4.01. The Labute approximate surface area is 141 Å². The van der Waals surface area contributed by atoms with Crippen LogP contribution in [0.4, 0.5) is 0 Å². The van der Waals surface area contributed by atoms with Crippen LogP contribution in [-0.2, 0) is 19.1 Å². The number of aliphatic hydroxyl groups excluding tert-OH is 1. The highest BCUT2D eigenvalue weighted by Gasteiger charge is 2.55. The molecule has 0 radical (unpaired) electrons. The second-order valence-electron chi connectivity index (χ2n) is 5.30. The Kier molecular flexibility index (Phi) is 4.54. The van der Waals surface area contributed by atoms with Crippen LogP contribution < -0.4 is 0 Å². The van der Waals surface area contributed by atoms with E-state index >= 15 is 0 Å². The maximum absolute atomic E-state index is 12.2. The smallest absolute Gasteiger partial charge is 0.353 e. The van der Waals surface area contributed by atoms with Gasteiger partial charge in [0.1, 0.15) is 5.70 Å². The van der Waals surface area contributed by atoms with Crippen molar-refractivity contribution in [1.82, 2.24) is 9.88 Å². The third-order valence-electron chi connectivity index (χ3n) is 3.96. The molecule has 1 amide bonds. The van der Waals surface area contributed by atoms with Gasteiger partial charge in [0.2, 0.25) is 5.91 Å². The number of fused-ring (bicyclic) bond motifs is 1. The van der Waals surface area contributed by atoms with Gasteiger partial charge >= 0.3 is 11.9 Å². The molecule has 9 heteroatoms. The van der Waals surface area contributed by atoms with Gasteiger partial charge in [0.25, 0.3) is 0 Å². The maximum atomic E-state index is 12.2. The fraction of sp³-hybridized carbons (Fsp3) is 0.333. The van der Waals surface area contributed by atoms with Gasteiger partial charge in [-0.2, -0.15) is 0 Å². The summed E-state index contributed by atoms with van der Waals surface area (Å²) in [6.07, 6.45) is 3.41. The molecule has 0 bridgehead atoms. The average Bonchev–Trinajstić information content (AvgIpc) is 2.89. The van der Waals surface area contributed by atoms with Crippen LogP contribution in [0.5, 0.6) is 0 Å². The molecule has 0 saturated carbocycles. The van der Waals surface area contributed by atoms with Gasteiger partial charge in [0.15, 0.2) is 6.79 Å². The third-order valence-corrected chi connectivity index (χ3v) is 5.07. The lowest BCUT2D eigenvalue weighted by Crippen LogP contribution is -2.58. The van der Waals surface area contributed by atoms with Crippen molar-refractivity contribution in [3.63, 3.8) is 0 Å². The molecule has 1 aromatic heterocycles. The number of rotatable bonds is 6. The first-order valence-corrected chi connectivity index (χ1v) is 7.98. The number of β-lactam (4-membered cyclic amide) rings is 1. The molecule has 3 heterocycles. The molecule has 1 aromatic rings. The molecule has 2 aliphatic rings. The molecule has 1 saturated heterocycles. The number of esters is 1. The van der Waals surface area contributed by atoms with Gasteiger partial charge in [-0.15, -0.1) is 0 Å². The van der Waals surface area contributed by atoms with Gasteiger partial charge in [0, 0.05) is 28.6 Å². The lowest BCUT2D eigenvalue weighted by Gasteiger charge is -2.42. The SMILES string of the molecule is O=C(C[C@@H]1C(=O)N2C(C(=O)O)=C(Sc3ccncc3)C[C@H]12)OCO. The van der Waals surface area contributed by atoms with Gasteiger partial charge in [-0.25, -0.2) is 4.79 Å². The number of aliphatic hydroxyl groups is 1. The minimum absolute atomic E-state index is 0.0291. The Morgan fingerprint density at radius 1 is 1.38 bits per heavy atom. The Morgan fingerprint density at radius 3 is 2.71 bits per heavy atom. The minimum atomic E-state index is -1.17. The van der Waals surface area contributed by atoms with E-state index < -0.39 is 30.6 Å². The summed E-state index contributed by atoms with van der Waals surface area (Å²) >= 11 is 1.28. The Balaban J connectivity index is 1.78. The molecule has 0 aliphatic carbocycles. The summed E-state index contributed by atoms with van der Waals surface area (Å²) in [4.78, 5) is 41.8. The zero-order valence-corrected chi connectivity index (χ0v) is 13.2. The zero-order chi connectivity index (χ0) is 17.3. The average molecular weight is 350 g/mol. The number of thioether (sulfide) groups is 1. The lowest BCUT2D eigenvalue weighted by molar-refractivity contribution is -0.164. The van der Waals surface area contributed by atoms with Crippen molar-refractivity contribution in [2.24, 2.45) is 5.92 Å². The number of carbonyl (C=O) groups is 3. The highest BCUT2D eigenvalue weighted by molar-refractivity contribution is 8.03. The third kappa shape index (κ3) is 2.87. The number of aliphatic carboxylic acids is 1. The lowest BCUT2D eigenvalue weighted by atomic mass is 9.85. The summed E-state index contributed by atoms with van der Waals surface area (Å²) < 4.78 is 4.45. The van der Waals surface area contributed by atoms with Crippen LogP contribution >= 0.6 is 11.8 Å². The second-order valence-corrected chi connectivity index (χ2v) is 6.47. The molecule has 3 rings (SSSR count). The summed E-state index contributed by atoms with van der Waals surface area (Å²) in [6, 6.07) is 3.15. The molecule has 2 atom stereocenters. The zero-order valence-electron chi connectivity index (χ0n) is 12.4. The van der Waals surface area contributed by atoms with Crippen LogP contribution in [0.25, 0.3) is 0 Å². The normalized spacial score (nSPS) is 22.2. The number of hydrogen-bond donors (Lipinski definition) is 2. The minimum Gasteiger partial charge on any atom is -0.477 e. The topological polar surface area (TPSA) is 117 Å². The molecule has 2 N–H and O–H groups in total. The molecule has 0 aromatic carbocycles. The van der Waals surface area contributed by atoms with E-state index in [9.17, 15) is 19.5 Å². The summed E-state index contributed by atoms with van der Waals surface area (Å²) in [5.74, 6) is -2.87. The first-order chi connectivity index (χ1) is 11.5. The second kappa shape index (κ2) is 6.62. The van der Waals surface area contributed by atoms with Crippen molar-refractivity contribution in [1.29, 1.82) is 0 Å². The number of nitrogens with zero attached hydrogens (tertiary/aromatic N) is 2. The quantitative estimate of drug-likeness (QED) is 0.435. The summed E-state index contributed by atoms with van der Waals surface area (Å²) in [5, 5.41) is 18.0. The molecule has 0 spiro atoms. The largest absolute Gasteiger partial charge is 0.477 e. The van der Waals surface area contributed by atoms with Crippen LogP contribution in [0.15, 0.2) is 40.0 Å². The van der Waals surface area contributed by atoms with Gasteiger partial charge in [-0.05, 0) is 12.1 Å². The monoisotopic (exact) mass is 350 g/mol. The molecular weight excluding hydrogens is 336 g/mol. The van der Waals surface area contributed by atoms with E-state index in [1.165, 1.54) is 16.7 Å². The Morgan fingerprint density at radius 2 is 2.08 bits per heavy atom. The van der Waals surface area contributed by atoms with Crippen molar-refractivity contribution < 1.29 is 29.3 Å². The van der Waals surface area contributed by atoms with Gasteiger partial charge in [0.05, 0.1) is 18.4 Å². The number of carboxylic acids is 1. The van der Waals surface area contributed by atoms with Gasteiger partial charge in [-0.3, -0.25) is 14.6 Å². The summed E-state index contributed by atoms with van der Waals surface area (Å²) in [5.41, 5.74) is -0.0291. The highest BCUT2D eigenvalue weighted by atomic mass is 32.2. The van der Waals surface area contributed by atoms with Gasteiger partial charge < -0.3 is 19.8 Å². The Bertz CT molecular complexity index is 720. The molecule has 126 valence electrons. The van der Waals surface area contributed by atoms with Crippen LogP contribution in [0.3, 0.4) is 0 Å². The molecular formula is C15H14N2O6S. The van der Waals surface area contributed by atoms with Crippen molar-refractivity contribution >= 4 is 29.6 Å². The summed E-state index contributed by atoms with van der Waals surface area (Å²) in [7, 11) is 0. The van der Waals surface area contributed by atoms with E-state index in [4.69, 9.17) is 5.11 Å². The predicted octanol–water partition coefficient (Wildman–Crippen LogP) is 0.584. The molecule has 2 aliphatic heterocycles. The summed E-state index contributed by atoms with van der Waals surface area (Å²) in [6.45, 7) is -0.740. The number of pyridine rings is 1. The van der Waals surface area contributed by atoms with E-state index in [1.54, 1.807) is 24.5 Å². The van der Waals surface area contributed by atoms with E-state index in [2.05, 4.69) is 9.72 Å². The maximum Gasteiger partial charge on any atom is 0.353 e. The standard InChI is InChI=1S/C15H14N2O6S/c18-7-23-12(19)5-9-10-6-11(24-8-1-3-16-4-2-8)13(15(21)22)17(10)14(9)20/h1-4,9-10,18H,5-7H2,(H,21,22)/t9-,10+/m0/s1. The Hall–Kier alpha value is -2.39. The van der Waals surface area contributed by atoms with Crippen molar-refractivity contribution in [2.45, 2.75) is 23.8 Å². The van der Waals surface area contributed by atoms with Crippen molar-refractivity contribution in [3.05, 3.63) is 35.1 Å². The van der Waals surface area contributed by atoms with E-state index in [0.717, 1.165) is 4.90 Å². The number of ether oxygens (including phenoxy) is 1. The van der Waals surface area contributed by atoms with Crippen LogP contribution in [0, 0.1) is 5.92 Å². The predicted molar refractivity (Wildman–Crippen MR) is 81.3 cm³/mol. The van der Waals surface area contributed by atoms with Crippen LogP contribution in [0.1, 0.15) is 12.8 Å². The van der Waals surface area contributed by atoms with E-state index in [-0.39, 0.29) is 18.2 Å². The molecule has 24 heavy (non-hydrogen) atoms. The molecule has 1 fully saturated rings. The van der Waals surface area contributed by atoms with Gasteiger partial charge in [-0.1, -0.05) is 11.8 Å². The first-order valence-electron chi connectivity index (χ1n) is 7.16. The number of aromatic nitrogens is 1. The number of carbonyl (C=O) groups excluding carboxylic acids is 2. The number of amides is 1. The fourth-order valence-electron chi connectivity index (χ4n) is 2.93. The van der Waals surface area contributed by atoms with Crippen molar-refractivity contribution in [3.8, 4) is 0 Å². The van der Waals surface area contributed by atoms with E-state index in [0.29, 0.717) is 11.3 Å². The van der Waals surface area contributed by atoms with Crippen LogP contribution in [0.2, 0.25) is 0 Å². The first kappa shape index (κ1) is 16.5.